The van der Waals surface area contributed by atoms with Crippen molar-refractivity contribution in [2.24, 2.45) is 0 Å². The molecule has 2 rings (SSSR count). The summed E-state index contributed by atoms with van der Waals surface area (Å²) in [6.45, 7) is 2.33. The number of rotatable bonds is 3. The van der Waals surface area contributed by atoms with Crippen molar-refractivity contribution < 1.29 is 4.74 Å². The molecule has 0 unspecified atom stereocenters. The molecule has 16 heavy (non-hydrogen) atoms. The molecule has 0 bridgehead atoms. The van der Waals surface area contributed by atoms with Crippen molar-refractivity contribution in [3.8, 4) is 5.75 Å². The van der Waals surface area contributed by atoms with E-state index in [1.54, 1.807) is 7.11 Å². The lowest BCUT2D eigenvalue weighted by Gasteiger charge is -2.35. The van der Waals surface area contributed by atoms with E-state index in [9.17, 15) is 0 Å². The maximum atomic E-state index is 5.16. The van der Waals surface area contributed by atoms with Gasteiger partial charge in [-0.1, -0.05) is 19.3 Å². The van der Waals surface area contributed by atoms with E-state index in [4.69, 9.17) is 4.74 Å². The monoisotopic (exact) mass is 219 g/mol. The number of anilines is 1. The smallest absolute Gasteiger partial charge is 0.119 e. The highest BCUT2D eigenvalue weighted by atomic mass is 16.5. The van der Waals surface area contributed by atoms with Gasteiger partial charge >= 0.3 is 0 Å². The third-order valence-electron chi connectivity index (χ3n) is 3.49. The zero-order valence-corrected chi connectivity index (χ0v) is 10.3. The van der Waals surface area contributed by atoms with Crippen LogP contribution in [-0.2, 0) is 0 Å². The molecule has 0 saturated heterocycles. The summed E-state index contributed by atoms with van der Waals surface area (Å²) in [6.07, 6.45) is 6.64. The van der Waals surface area contributed by atoms with Gasteiger partial charge in [-0.05, 0) is 44.0 Å². The maximum absolute atomic E-state index is 5.16. The molecule has 88 valence electrons. The molecular weight excluding hydrogens is 198 g/mol. The van der Waals surface area contributed by atoms with Gasteiger partial charge in [-0.25, -0.2) is 0 Å². The zero-order chi connectivity index (χ0) is 11.4. The largest absolute Gasteiger partial charge is 0.497 e. The van der Waals surface area contributed by atoms with E-state index >= 15 is 0 Å². The molecule has 1 saturated carbocycles. The second-order valence-corrected chi connectivity index (χ2v) is 4.97. The number of nitrogens with one attached hydrogen (secondary N) is 1. The Morgan fingerprint density at radius 1 is 1.06 bits per heavy atom. The molecule has 1 aliphatic rings. The first-order valence-electron chi connectivity index (χ1n) is 6.14. The minimum atomic E-state index is 0.285. The summed E-state index contributed by atoms with van der Waals surface area (Å²) in [5, 5.41) is 3.65. The lowest BCUT2D eigenvalue weighted by molar-refractivity contribution is 0.349. The van der Waals surface area contributed by atoms with Gasteiger partial charge in [-0.15, -0.1) is 0 Å². The quantitative estimate of drug-likeness (QED) is 0.834. The lowest BCUT2D eigenvalue weighted by Crippen LogP contribution is -2.36. The van der Waals surface area contributed by atoms with Gasteiger partial charge in [0.1, 0.15) is 5.75 Å². The van der Waals surface area contributed by atoms with Crippen LogP contribution in [0.5, 0.6) is 5.75 Å². The van der Waals surface area contributed by atoms with Crippen LogP contribution >= 0.6 is 0 Å². The van der Waals surface area contributed by atoms with Gasteiger partial charge in [-0.3, -0.25) is 0 Å². The van der Waals surface area contributed by atoms with Gasteiger partial charge in [-0.2, -0.15) is 0 Å². The molecule has 0 aliphatic heterocycles. The molecule has 1 fully saturated rings. The van der Waals surface area contributed by atoms with Crippen LogP contribution in [0, 0.1) is 0 Å². The minimum absolute atomic E-state index is 0.285. The van der Waals surface area contributed by atoms with Crippen LogP contribution in [-0.4, -0.2) is 12.6 Å². The molecular formula is C14H21NO. The Balaban J connectivity index is 2.01. The third-order valence-corrected chi connectivity index (χ3v) is 3.49. The average molecular weight is 219 g/mol. The van der Waals surface area contributed by atoms with E-state index in [-0.39, 0.29) is 5.54 Å². The maximum Gasteiger partial charge on any atom is 0.119 e. The number of methoxy groups -OCH3 is 1. The van der Waals surface area contributed by atoms with E-state index < -0.39 is 0 Å². The predicted octanol–water partition coefficient (Wildman–Crippen LogP) is 3.83. The van der Waals surface area contributed by atoms with Crippen LogP contribution in [0.15, 0.2) is 24.3 Å². The fourth-order valence-electron chi connectivity index (χ4n) is 2.48. The van der Waals surface area contributed by atoms with Crippen LogP contribution < -0.4 is 10.1 Å². The fraction of sp³-hybridized carbons (Fsp3) is 0.571. The first-order chi connectivity index (χ1) is 7.72. The van der Waals surface area contributed by atoms with Gasteiger partial charge in [0.15, 0.2) is 0 Å². The van der Waals surface area contributed by atoms with E-state index in [0.717, 1.165) is 5.75 Å². The van der Waals surface area contributed by atoms with E-state index in [2.05, 4.69) is 24.4 Å². The summed E-state index contributed by atoms with van der Waals surface area (Å²) in [5.41, 5.74) is 1.48. The molecule has 0 radical (unpaired) electrons. The van der Waals surface area contributed by atoms with Gasteiger partial charge in [0, 0.05) is 11.2 Å². The van der Waals surface area contributed by atoms with Crippen molar-refractivity contribution in [2.45, 2.75) is 44.6 Å². The lowest BCUT2D eigenvalue weighted by atomic mass is 9.83. The van der Waals surface area contributed by atoms with Gasteiger partial charge in [0.25, 0.3) is 0 Å². The van der Waals surface area contributed by atoms with Gasteiger partial charge in [0.05, 0.1) is 7.11 Å². The molecule has 0 amide bonds. The second-order valence-electron chi connectivity index (χ2n) is 4.97. The van der Waals surface area contributed by atoms with Gasteiger partial charge in [0.2, 0.25) is 0 Å². The molecule has 1 aliphatic carbocycles. The van der Waals surface area contributed by atoms with Crippen molar-refractivity contribution >= 4 is 5.69 Å². The van der Waals surface area contributed by atoms with E-state index in [1.165, 1.54) is 37.8 Å². The van der Waals surface area contributed by atoms with Crippen molar-refractivity contribution in [3.05, 3.63) is 24.3 Å². The summed E-state index contributed by atoms with van der Waals surface area (Å²) in [6, 6.07) is 8.21. The summed E-state index contributed by atoms with van der Waals surface area (Å²) < 4.78 is 5.16. The van der Waals surface area contributed by atoms with E-state index in [1.807, 2.05) is 12.1 Å². The molecule has 1 aromatic rings. The first-order valence-corrected chi connectivity index (χ1v) is 6.14. The molecule has 2 nitrogen and oxygen atoms in total. The summed E-state index contributed by atoms with van der Waals surface area (Å²) >= 11 is 0. The van der Waals surface area contributed by atoms with Crippen LogP contribution in [0.4, 0.5) is 5.69 Å². The van der Waals surface area contributed by atoms with Crippen LogP contribution in [0.3, 0.4) is 0 Å². The SMILES string of the molecule is COc1ccc(NC2(C)CCCCC2)cc1. The molecule has 0 aromatic heterocycles. The second kappa shape index (κ2) is 4.77. The fourth-order valence-corrected chi connectivity index (χ4v) is 2.48. The normalized spacial score (nSPS) is 19.1. The molecule has 2 heteroatoms. The van der Waals surface area contributed by atoms with Crippen molar-refractivity contribution in [3.63, 3.8) is 0 Å². The summed E-state index contributed by atoms with van der Waals surface area (Å²) in [5.74, 6) is 0.916. The highest BCUT2D eigenvalue weighted by molar-refractivity contribution is 5.48. The average Bonchev–Trinajstić information content (AvgIpc) is 2.30. The highest BCUT2D eigenvalue weighted by Crippen LogP contribution is 2.31. The Morgan fingerprint density at radius 2 is 1.69 bits per heavy atom. The van der Waals surface area contributed by atoms with Crippen molar-refractivity contribution in [1.29, 1.82) is 0 Å². The predicted molar refractivity (Wildman–Crippen MR) is 68.1 cm³/mol. The Kier molecular flexibility index (Phi) is 3.37. The van der Waals surface area contributed by atoms with Gasteiger partial charge < -0.3 is 10.1 Å². The Hall–Kier alpha value is -1.18. The number of hydrogen-bond acceptors (Lipinski definition) is 2. The first kappa shape index (κ1) is 11.3. The highest BCUT2D eigenvalue weighted by Gasteiger charge is 2.26. The molecule has 0 atom stereocenters. The molecule has 0 spiro atoms. The number of benzene rings is 1. The third kappa shape index (κ3) is 2.69. The topological polar surface area (TPSA) is 21.3 Å². The zero-order valence-electron chi connectivity index (χ0n) is 10.3. The van der Waals surface area contributed by atoms with Crippen LogP contribution in [0.2, 0.25) is 0 Å². The Morgan fingerprint density at radius 3 is 2.25 bits per heavy atom. The molecule has 0 heterocycles. The summed E-state index contributed by atoms with van der Waals surface area (Å²) in [4.78, 5) is 0. The number of ether oxygens (including phenoxy) is 1. The standard InChI is InChI=1S/C14H21NO/c1-14(10-4-3-5-11-14)15-12-6-8-13(16-2)9-7-12/h6-9,15H,3-5,10-11H2,1-2H3. The van der Waals surface area contributed by atoms with Crippen molar-refractivity contribution in [2.75, 3.05) is 12.4 Å². The van der Waals surface area contributed by atoms with Crippen LogP contribution in [0.25, 0.3) is 0 Å². The minimum Gasteiger partial charge on any atom is -0.497 e. The molecule has 1 aromatic carbocycles. The number of hydrogen-bond donors (Lipinski definition) is 1. The van der Waals surface area contributed by atoms with E-state index in [0.29, 0.717) is 0 Å². The Bertz CT molecular complexity index is 325. The molecule has 1 N–H and O–H groups in total. The van der Waals surface area contributed by atoms with Crippen molar-refractivity contribution in [1.82, 2.24) is 0 Å². The van der Waals surface area contributed by atoms with Crippen LogP contribution in [0.1, 0.15) is 39.0 Å². The summed E-state index contributed by atoms with van der Waals surface area (Å²) in [7, 11) is 1.70. The Labute approximate surface area is 98.0 Å².